The molecule has 3 N–H and O–H groups in total. The van der Waals surface area contributed by atoms with Crippen LogP contribution in [0, 0.1) is 0 Å². The van der Waals surface area contributed by atoms with Gasteiger partial charge in [-0.25, -0.2) is 0 Å². The van der Waals surface area contributed by atoms with Crippen molar-refractivity contribution in [3.05, 3.63) is 0 Å². The number of nitrogens with two attached hydrogens (primary N) is 1. The topological polar surface area (TPSA) is 92.9 Å². The minimum atomic E-state index is -4.38. The van der Waals surface area contributed by atoms with Gasteiger partial charge in [0.25, 0.3) is 0 Å². The minimum absolute atomic E-state index is 0.118. The van der Waals surface area contributed by atoms with Crippen molar-refractivity contribution in [1.29, 1.82) is 0 Å². The number of carboxylic acids is 1. The number of ether oxygens (including phenoxy) is 1. The van der Waals surface area contributed by atoms with E-state index in [1.807, 2.05) is 0 Å². The van der Waals surface area contributed by atoms with Crippen LogP contribution in [0.5, 0.6) is 0 Å². The zero-order valence-electron chi connectivity index (χ0n) is 9.57. The molecule has 6 nitrogen and oxygen atoms in total. The van der Waals surface area contributed by atoms with Gasteiger partial charge in [-0.15, -0.1) is 0 Å². The van der Waals surface area contributed by atoms with E-state index in [0.717, 1.165) is 0 Å². The van der Waals surface area contributed by atoms with Gasteiger partial charge in [0.1, 0.15) is 6.61 Å². The molecule has 18 heavy (non-hydrogen) atoms. The van der Waals surface area contributed by atoms with Crippen molar-refractivity contribution in [3.8, 4) is 0 Å². The second-order valence-electron chi connectivity index (χ2n) is 3.59. The smallest absolute Gasteiger partial charge is 0.411 e. The lowest BCUT2D eigenvalue weighted by Crippen LogP contribution is -2.38. The van der Waals surface area contributed by atoms with Crippen LogP contribution in [-0.4, -0.2) is 60.9 Å². The molecule has 0 bridgehead atoms. The first-order valence-electron chi connectivity index (χ1n) is 5.07. The summed E-state index contributed by atoms with van der Waals surface area (Å²) in [6.07, 6.45) is -4.20. The summed E-state index contributed by atoms with van der Waals surface area (Å²) in [5.74, 6) is -1.85. The van der Waals surface area contributed by atoms with Crippen LogP contribution in [0.3, 0.4) is 0 Å². The van der Waals surface area contributed by atoms with Gasteiger partial charge in [0.05, 0.1) is 13.1 Å². The van der Waals surface area contributed by atoms with Gasteiger partial charge in [0.2, 0.25) is 5.91 Å². The number of carbonyl (C=O) groups is 2. The zero-order chi connectivity index (χ0) is 14.2. The fourth-order valence-corrected chi connectivity index (χ4v) is 1.20. The van der Waals surface area contributed by atoms with Crippen molar-refractivity contribution >= 4 is 11.9 Å². The van der Waals surface area contributed by atoms with Crippen LogP contribution in [0.4, 0.5) is 13.2 Å². The molecule has 0 fully saturated rings. The molecule has 0 heterocycles. The van der Waals surface area contributed by atoms with Crippen LogP contribution in [0.1, 0.15) is 6.42 Å². The summed E-state index contributed by atoms with van der Waals surface area (Å²) in [5, 5.41) is 8.53. The maximum atomic E-state index is 11.7. The quantitative estimate of drug-likeness (QED) is 0.568. The van der Waals surface area contributed by atoms with E-state index >= 15 is 0 Å². The van der Waals surface area contributed by atoms with Gasteiger partial charge in [-0.3, -0.25) is 14.5 Å². The number of alkyl halides is 3. The zero-order valence-corrected chi connectivity index (χ0v) is 9.57. The first-order chi connectivity index (χ1) is 8.20. The number of amides is 1. The van der Waals surface area contributed by atoms with E-state index in [9.17, 15) is 22.8 Å². The van der Waals surface area contributed by atoms with Gasteiger partial charge in [-0.1, -0.05) is 0 Å². The highest BCUT2D eigenvalue weighted by atomic mass is 19.4. The fraction of sp³-hybridized carbons (Fsp3) is 0.778. The maximum absolute atomic E-state index is 11.7. The van der Waals surface area contributed by atoms with Gasteiger partial charge >= 0.3 is 12.1 Å². The number of hydrogen-bond donors (Lipinski definition) is 2. The Bertz CT molecular complexity index is 267. The molecule has 0 aromatic carbocycles. The normalized spacial score (nSPS) is 11.8. The Morgan fingerprint density at radius 3 is 2.33 bits per heavy atom. The number of primary amides is 1. The molecule has 0 saturated heterocycles. The van der Waals surface area contributed by atoms with Crippen molar-refractivity contribution in [3.63, 3.8) is 0 Å². The predicted molar refractivity (Wildman–Crippen MR) is 54.8 cm³/mol. The molecular formula is C9H15F3N2O4. The third-order valence-electron chi connectivity index (χ3n) is 1.77. The molecule has 0 rings (SSSR count). The van der Waals surface area contributed by atoms with E-state index < -0.39 is 31.2 Å². The van der Waals surface area contributed by atoms with Gasteiger partial charge in [0, 0.05) is 13.2 Å². The molecule has 0 saturated carbocycles. The number of carbonyl (C=O) groups excluding carboxylic acids is 1. The number of carboxylic acid groups (broad SMARTS) is 1. The molecule has 106 valence electrons. The number of halogens is 3. The first kappa shape index (κ1) is 16.6. The summed E-state index contributed by atoms with van der Waals surface area (Å²) >= 11 is 0. The standard InChI is InChI=1S/C9H15F3N2O4/c10-9(11,12)6-18-3-1-2-14(4-7(13)15)5-8(16)17/h1-6H2,(H2,13,15)(H,16,17). The molecule has 0 atom stereocenters. The second-order valence-corrected chi connectivity index (χ2v) is 3.59. The Morgan fingerprint density at radius 1 is 1.28 bits per heavy atom. The summed E-state index contributed by atoms with van der Waals surface area (Å²) in [7, 11) is 0. The van der Waals surface area contributed by atoms with Crippen LogP contribution < -0.4 is 5.73 Å². The molecule has 0 aromatic heterocycles. The molecule has 0 aliphatic carbocycles. The van der Waals surface area contributed by atoms with Gasteiger partial charge in [0.15, 0.2) is 0 Å². The highest BCUT2D eigenvalue weighted by Gasteiger charge is 2.27. The first-order valence-corrected chi connectivity index (χ1v) is 5.07. The maximum Gasteiger partial charge on any atom is 0.411 e. The van der Waals surface area contributed by atoms with E-state index in [0.29, 0.717) is 0 Å². The fourth-order valence-electron chi connectivity index (χ4n) is 1.20. The van der Waals surface area contributed by atoms with Crippen molar-refractivity contribution in [2.75, 3.05) is 32.8 Å². The van der Waals surface area contributed by atoms with Crippen molar-refractivity contribution in [1.82, 2.24) is 4.90 Å². The van der Waals surface area contributed by atoms with E-state index in [1.54, 1.807) is 0 Å². The predicted octanol–water partition coefficient (Wildman–Crippen LogP) is -0.173. The molecule has 0 aromatic rings. The van der Waals surface area contributed by atoms with Gasteiger partial charge in [-0.2, -0.15) is 13.2 Å². The molecule has 0 aliphatic rings. The van der Waals surface area contributed by atoms with Gasteiger partial charge in [-0.05, 0) is 6.42 Å². The van der Waals surface area contributed by atoms with Crippen LogP contribution in [0.2, 0.25) is 0 Å². The number of nitrogens with zero attached hydrogens (tertiary/aromatic N) is 1. The summed E-state index contributed by atoms with van der Waals surface area (Å²) in [5.41, 5.74) is 4.90. The number of rotatable bonds is 9. The molecular weight excluding hydrogens is 257 g/mol. The molecule has 0 aliphatic heterocycles. The number of hydrogen-bond acceptors (Lipinski definition) is 4. The SMILES string of the molecule is NC(=O)CN(CCCOCC(F)(F)F)CC(=O)O. The lowest BCUT2D eigenvalue weighted by atomic mass is 10.3. The van der Waals surface area contributed by atoms with Crippen molar-refractivity contribution in [2.45, 2.75) is 12.6 Å². The van der Waals surface area contributed by atoms with Crippen LogP contribution in [0.25, 0.3) is 0 Å². The third kappa shape index (κ3) is 11.1. The van der Waals surface area contributed by atoms with Crippen LogP contribution >= 0.6 is 0 Å². The van der Waals surface area contributed by atoms with Crippen molar-refractivity contribution in [2.24, 2.45) is 5.73 Å². The summed E-state index contributed by atoms with van der Waals surface area (Å²) in [6.45, 7) is -2.06. The largest absolute Gasteiger partial charge is 0.480 e. The van der Waals surface area contributed by atoms with Crippen molar-refractivity contribution < 1.29 is 32.6 Å². The molecule has 1 amide bonds. The average molecular weight is 272 g/mol. The molecule has 9 heteroatoms. The summed E-state index contributed by atoms with van der Waals surface area (Å²) in [4.78, 5) is 22.3. The number of aliphatic carboxylic acids is 1. The Hall–Kier alpha value is -1.35. The minimum Gasteiger partial charge on any atom is -0.480 e. The third-order valence-corrected chi connectivity index (χ3v) is 1.77. The summed E-state index contributed by atoms with van der Waals surface area (Å²) < 4.78 is 39.5. The van der Waals surface area contributed by atoms with E-state index in [-0.39, 0.29) is 26.1 Å². The van der Waals surface area contributed by atoms with E-state index in [4.69, 9.17) is 10.8 Å². The second kappa shape index (κ2) is 7.88. The van der Waals surface area contributed by atoms with Crippen LogP contribution in [0.15, 0.2) is 0 Å². The Balaban J connectivity index is 3.82. The van der Waals surface area contributed by atoms with Gasteiger partial charge < -0.3 is 15.6 Å². The van der Waals surface area contributed by atoms with E-state index in [1.165, 1.54) is 4.90 Å². The summed E-state index contributed by atoms with van der Waals surface area (Å²) in [6, 6.07) is 0. The average Bonchev–Trinajstić information content (AvgIpc) is 2.12. The lowest BCUT2D eigenvalue weighted by Gasteiger charge is -2.18. The Kier molecular flexibility index (Phi) is 7.29. The monoisotopic (exact) mass is 272 g/mol. The van der Waals surface area contributed by atoms with E-state index in [2.05, 4.69) is 4.74 Å². The highest BCUT2D eigenvalue weighted by Crippen LogP contribution is 2.14. The molecule has 0 radical (unpaired) electrons. The molecule has 0 spiro atoms. The molecule has 0 unspecified atom stereocenters. The lowest BCUT2D eigenvalue weighted by molar-refractivity contribution is -0.174. The Morgan fingerprint density at radius 2 is 1.89 bits per heavy atom. The Labute approximate surface area is 101 Å². The highest BCUT2D eigenvalue weighted by molar-refractivity contribution is 5.77. The van der Waals surface area contributed by atoms with Crippen LogP contribution in [-0.2, 0) is 14.3 Å².